The van der Waals surface area contributed by atoms with Gasteiger partial charge in [-0.05, 0) is 32.0 Å². The lowest BCUT2D eigenvalue weighted by molar-refractivity contribution is -0.136. The van der Waals surface area contributed by atoms with Gasteiger partial charge in [-0.3, -0.25) is 9.59 Å². The van der Waals surface area contributed by atoms with Crippen LogP contribution < -0.4 is 10.6 Å². The number of aliphatic carboxylic acids is 1. The molecule has 1 aromatic rings. The molecule has 3 N–H and O–H groups in total. The third kappa shape index (κ3) is 3.94. The number of rotatable bonds is 6. The molecule has 1 amide bonds. The molecular formula is C13H17FN2O3. The molecule has 0 unspecified atom stereocenters. The lowest BCUT2D eigenvalue weighted by Crippen LogP contribution is -2.33. The number of amides is 1. The summed E-state index contributed by atoms with van der Waals surface area (Å²) in [4.78, 5) is 23.2. The van der Waals surface area contributed by atoms with Crippen molar-refractivity contribution in [1.29, 1.82) is 0 Å². The molecular weight excluding hydrogens is 251 g/mol. The van der Waals surface area contributed by atoms with Gasteiger partial charge in [-0.2, -0.15) is 0 Å². The van der Waals surface area contributed by atoms with E-state index < -0.39 is 17.7 Å². The molecule has 19 heavy (non-hydrogen) atoms. The molecule has 0 aromatic heterocycles. The average Bonchev–Trinajstić information content (AvgIpc) is 2.30. The molecule has 0 bridgehead atoms. The summed E-state index contributed by atoms with van der Waals surface area (Å²) in [7, 11) is 0. The fraction of sp³-hybridized carbons (Fsp3) is 0.385. The zero-order valence-corrected chi connectivity index (χ0v) is 10.9. The molecule has 1 rings (SSSR count). The van der Waals surface area contributed by atoms with Crippen LogP contribution in [0.2, 0.25) is 0 Å². The number of hydrogen-bond donors (Lipinski definition) is 2. The smallest absolute Gasteiger partial charge is 0.305 e. The number of carboxylic acids is 1. The molecule has 0 saturated carbocycles. The maximum Gasteiger partial charge on any atom is 0.305 e. The molecule has 1 aromatic carbocycles. The quantitative estimate of drug-likeness (QED) is 0.821. The number of carbonyl (C=O) groups is 2. The first-order chi connectivity index (χ1) is 8.82. The molecule has 0 aliphatic heterocycles. The van der Waals surface area contributed by atoms with E-state index in [1.54, 1.807) is 4.90 Å². The number of carboxylic acid groups (broad SMARTS) is 1. The second kappa shape index (κ2) is 6.17. The van der Waals surface area contributed by atoms with Crippen LogP contribution in [0.1, 0.15) is 30.6 Å². The fourth-order valence-corrected chi connectivity index (χ4v) is 1.77. The van der Waals surface area contributed by atoms with Gasteiger partial charge >= 0.3 is 5.97 Å². The summed E-state index contributed by atoms with van der Waals surface area (Å²) in [5, 5.41) is 8.70. The Labute approximate surface area is 110 Å². The molecule has 0 aliphatic rings. The Morgan fingerprint density at radius 2 is 2.05 bits per heavy atom. The van der Waals surface area contributed by atoms with Crippen molar-refractivity contribution in [2.24, 2.45) is 5.73 Å². The van der Waals surface area contributed by atoms with Gasteiger partial charge < -0.3 is 15.7 Å². The minimum atomic E-state index is -0.945. The third-order valence-corrected chi connectivity index (χ3v) is 2.73. The molecule has 0 radical (unpaired) electrons. The molecule has 6 heteroatoms. The van der Waals surface area contributed by atoms with E-state index in [2.05, 4.69) is 0 Å². The van der Waals surface area contributed by atoms with Crippen LogP contribution in [-0.4, -0.2) is 29.6 Å². The van der Waals surface area contributed by atoms with Crippen molar-refractivity contribution >= 4 is 17.6 Å². The topological polar surface area (TPSA) is 83.6 Å². The zero-order chi connectivity index (χ0) is 14.6. The van der Waals surface area contributed by atoms with Gasteiger partial charge in [0.25, 0.3) is 0 Å². The Kier molecular flexibility index (Phi) is 4.86. The van der Waals surface area contributed by atoms with Gasteiger partial charge in [-0.15, -0.1) is 0 Å². The van der Waals surface area contributed by atoms with E-state index in [-0.39, 0.29) is 30.3 Å². The highest BCUT2D eigenvalue weighted by Crippen LogP contribution is 2.22. The second-order valence-corrected chi connectivity index (χ2v) is 4.46. The van der Waals surface area contributed by atoms with Crippen LogP contribution in [0.3, 0.4) is 0 Å². The SMILES string of the molecule is CC(C)N(CCC(=O)O)c1ccc(C(N)=O)cc1F. The van der Waals surface area contributed by atoms with Crippen molar-refractivity contribution in [3.8, 4) is 0 Å². The van der Waals surface area contributed by atoms with E-state index in [9.17, 15) is 14.0 Å². The number of benzene rings is 1. The van der Waals surface area contributed by atoms with Crippen molar-refractivity contribution in [2.75, 3.05) is 11.4 Å². The van der Waals surface area contributed by atoms with Gasteiger partial charge in [-0.25, -0.2) is 4.39 Å². The van der Waals surface area contributed by atoms with Crippen LogP contribution in [0.4, 0.5) is 10.1 Å². The van der Waals surface area contributed by atoms with E-state index in [1.165, 1.54) is 12.1 Å². The largest absolute Gasteiger partial charge is 0.481 e. The standard InChI is InChI=1S/C13H17FN2O3/c1-8(2)16(6-5-12(17)18)11-4-3-9(13(15)19)7-10(11)14/h3-4,7-8H,5-6H2,1-2H3,(H2,15,19)(H,17,18). The van der Waals surface area contributed by atoms with Crippen LogP contribution in [0.15, 0.2) is 18.2 Å². The number of halogens is 1. The van der Waals surface area contributed by atoms with E-state index in [1.807, 2.05) is 13.8 Å². The lowest BCUT2D eigenvalue weighted by Gasteiger charge is -2.29. The average molecular weight is 268 g/mol. The van der Waals surface area contributed by atoms with E-state index in [0.29, 0.717) is 0 Å². The van der Waals surface area contributed by atoms with Crippen LogP contribution in [0.25, 0.3) is 0 Å². The zero-order valence-electron chi connectivity index (χ0n) is 10.9. The first-order valence-electron chi connectivity index (χ1n) is 5.90. The summed E-state index contributed by atoms with van der Waals surface area (Å²) in [5.74, 6) is -2.23. The van der Waals surface area contributed by atoms with Gasteiger partial charge in [0, 0.05) is 18.2 Å². The molecule has 0 atom stereocenters. The van der Waals surface area contributed by atoms with Crippen molar-refractivity contribution in [2.45, 2.75) is 26.3 Å². The van der Waals surface area contributed by atoms with E-state index >= 15 is 0 Å². The molecule has 5 nitrogen and oxygen atoms in total. The van der Waals surface area contributed by atoms with Crippen molar-refractivity contribution in [3.05, 3.63) is 29.6 Å². The van der Waals surface area contributed by atoms with Crippen molar-refractivity contribution in [1.82, 2.24) is 0 Å². The second-order valence-electron chi connectivity index (χ2n) is 4.46. The minimum absolute atomic E-state index is 0.0618. The summed E-state index contributed by atoms with van der Waals surface area (Å²) in [6, 6.07) is 3.87. The van der Waals surface area contributed by atoms with Gasteiger partial charge in [0.2, 0.25) is 5.91 Å². The Morgan fingerprint density at radius 3 is 2.47 bits per heavy atom. The maximum atomic E-state index is 13.9. The van der Waals surface area contributed by atoms with Crippen molar-refractivity contribution < 1.29 is 19.1 Å². The highest BCUT2D eigenvalue weighted by atomic mass is 19.1. The summed E-state index contributed by atoms with van der Waals surface area (Å²) in [6.45, 7) is 3.87. The molecule has 0 fully saturated rings. The normalized spacial score (nSPS) is 10.5. The summed E-state index contributed by atoms with van der Waals surface area (Å²) >= 11 is 0. The Bertz CT molecular complexity index is 489. The number of carbonyl (C=O) groups excluding carboxylic acids is 1. The van der Waals surface area contributed by atoms with Gasteiger partial charge in [0.05, 0.1) is 12.1 Å². The summed E-state index contributed by atoms with van der Waals surface area (Å²) in [5.41, 5.74) is 5.42. The Hall–Kier alpha value is -2.11. The highest BCUT2D eigenvalue weighted by Gasteiger charge is 2.17. The van der Waals surface area contributed by atoms with Gasteiger partial charge in [-0.1, -0.05) is 0 Å². The third-order valence-electron chi connectivity index (χ3n) is 2.73. The molecule has 0 spiro atoms. The van der Waals surface area contributed by atoms with Gasteiger partial charge in [0.15, 0.2) is 0 Å². The van der Waals surface area contributed by atoms with Gasteiger partial charge in [0.1, 0.15) is 5.82 Å². The lowest BCUT2D eigenvalue weighted by atomic mass is 10.1. The maximum absolute atomic E-state index is 13.9. The van der Waals surface area contributed by atoms with Crippen LogP contribution in [-0.2, 0) is 4.79 Å². The van der Waals surface area contributed by atoms with Crippen LogP contribution in [0.5, 0.6) is 0 Å². The number of nitrogens with zero attached hydrogens (tertiary/aromatic N) is 1. The number of nitrogens with two attached hydrogens (primary N) is 1. The summed E-state index contributed by atoms with van der Waals surface area (Å²) in [6.07, 6.45) is -0.0881. The van der Waals surface area contributed by atoms with Crippen LogP contribution >= 0.6 is 0 Å². The fourth-order valence-electron chi connectivity index (χ4n) is 1.77. The predicted octanol–water partition coefficient (Wildman–Crippen LogP) is 1.61. The minimum Gasteiger partial charge on any atom is -0.481 e. The number of primary amides is 1. The van der Waals surface area contributed by atoms with Crippen LogP contribution in [0, 0.1) is 5.82 Å². The molecule has 0 aliphatic carbocycles. The Balaban J connectivity index is 3.02. The first kappa shape index (κ1) is 14.9. The van der Waals surface area contributed by atoms with E-state index in [0.717, 1.165) is 6.07 Å². The monoisotopic (exact) mass is 268 g/mol. The highest BCUT2D eigenvalue weighted by molar-refractivity contribution is 5.93. The summed E-state index contributed by atoms with van der Waals surface area (Å²) < 4.78 is 13.9. The number of anilines is 1. The van der Waals surface area contributed by atoms with Crippen molar-refractivity contribution in [3.63, 3.8) is 0 Å². The molecule has 0 heterocycles. The Morgan fingerprint density at radius 1 is 1.42 bits per heavy atom. The predicted molar refractivity (Wildman–Crippen MR) is 69.7 cm³/mol. The first-order valence-corrected chi connectivity index (χ1v) is 5.90. The van der Waals surface area contributed by atoms with E-state index in [4.69, 9.17) is 10.8 Å². The number of hydrogen-bond acceptors (Lipinski definition) is 3. The molecule has 104 valence electrons. The molecule has 0 saturated heterocycles.